The van der Waals surface area contributed by atoms with Crippen molar-refractivity contribution in [1.29, 1.82) is 0 Å². The molecule has 3 aromatic rings. The van der Waals surface area contributed by atoms with Gasteiger partial charge in [-0.05, 0) is 24.6 Å². The molecule has 2 heterocycles. The molecule has 0 radical (unpaired) electrons. The van der Waals surface area contributed by atoms with Gasteiger partial charge in [-0.2, -0.15) is 0 Å². The number of benzene rings is 1. The first-order valence-electron chi connectivity index (χ1n) is 8.33. The third kappa shape index (κ3) is 3.74. The molecule has 0 bridgehead atoms. The highest BCUT2D eigenvalue weighted by molar-refractivity contribution is 7.21. The van der Waals surface area contributed by atoms with Crippen molar-refractivity contribution in [2.45, 2.75) is 26.8 Å². The Balaban J connectivity index is 1.88. The van der Waals surface area contributed by atoms with E-state index >= 15 is 0 Å². The second-order valence-corrected chi connectivity index (χ2v) is 7.45. The summed E-state index contributed by atoms with van der Waals surface area (Å²) in [5.41, 5.74) is 1.07. The van der Waals surface area contributed by atoms with Gasteiger partial charge in [-0.1, -0.05) is 50.6 Å². The fourth-order valence-electron chi connectivity index (χ4n) is 2.78. The van der Waals surface area contributed by atoms with Crippen LogP contribution in [0.3, 0.4) is 0 Å². The Hall–Kier alpha value is -1.98. The fourth-order valence-corrected chi connectivity index (χ4v) is 3.83. The lowest BCUT2D eigenvalue weighted by Crippen LogP contribution is -2.26. The van der Waals surface area contributed by atoms with Crippen LogP contribution in [0, 0.1) is 5.92 Å². The number of nitrogens with zero attached hydrogens (tertiary/aromatic N) is 2. The summed E-state index contributed by atoms with van der Waals surface area (Å²) < 4.78 is 0. The lowest BCUT2D eigenvalue weighted by atomic mass is 10.1. The lowest BCUT2D eigenvalue weighted by molar-refractivity contribution is 0.269. The second kappa shape index (κ2) is 7.28. The summed E-state index contributed by atoms with van der Waals surface area (Å²) in [5, 5.41) is 0.673. The SMILES string of the molecule is CCC(C)CN(C)Cc1nc2sc(-c3ccccc3)cc2c(=O)[nH]1. The average Bonchev–Trinajstić information content (AvgIpc) is 3.00. The van der Waals surface area contributed by atoms with E-state index < -0.39 is 0 Å². The van der Waals surface area contributed by atoms with Gasteiger partial charge < -0.3 is 4.98 Å². The predicted octanol–water partition coefficient (Wildman–Crippen LogP) is 4.13. The molecule has 24 heavy (non-hydrogen) atoms. The summed E-state index contributed by atoms with van der Waals surface area (Å²) in [6, 6.07) is 12.1. The number of aromatic amines is 1. The van der Waals surface area contributed by atoms with E-state index in [1.165, 1.54) is 0 Å². The van der Waals surface area contributed by atoms with Crippen LogP contribution >= 0.6 is 11.3 Å². The maximum absolute atomic E-state index is 12.4. The number of H-pyrrole nitrogens is 1. The van der Waals surface area contributed by atoms with Crippen LogP contribution in [0.4, 0.5) is 0 Å². The van der Waals surface area contributed by atoms with Crippen molar-refractivity contribution in [1.82, 2.24) is 14.9 Å². The van der Waals surface area contributed by atoms with Crippen LogP contribution < -0.4 is 5.56 Å². The molecule has 0 saturated heterocycles. The van der Waals surface area contributed by atoms with E-state index in [0.29, 0.717) is 17.8 Å². The van der Waals surface area contributed by atoms with Crippen LogP contribution in [0.25, 0.3) is 20.7 Å². The van der Waals surface area contributed by atoms with Crippen molar-refractivity contribution < 1.29 is 0 Å². The number of hydrogen-bond acceptors (Lipinski definition) is 4. The monoisotopic (exact) mass is 341 g/mol. The summed E-state index contributed by atoms with van der Waals surface area (Å²) >= 11 is 1.57. The Labute approximate surface area is 146 Å². The van der Waals surface area contributed by atoms with Crippen LogP contribution in [0.15, 0.2) is 41.2 Å². The van der Waals surface area contributed by atoms with Gasteiger partial charge in [0.15, 0.2) is 0 Å². The molecule has 1 N–H and O–H groups in total. The Morgan fingerprint density at radius 2 is 2.04 bits per heavy atom. The Bertz CT molecular complexity index is 869. The van der Waals surface area contributed by atoms with Gasteiger partial charge in [0.1, 0.15) is 10.7 Å². The van der Waals surface area contributed by atoms with Gasteiger partial charge >= 0.3 is 0 Å². The quantitative estimate of drug-likeness (QED) is 0.733. The van der Waals surface area contributed by atoms with E-state index in [2.05, 4.69) is 47.9 Å². The highest BCUT2D eigenvalue weighted by atomic mass is 32.1. The summed E-state index contributed by atoms with van der Waals surface area (Å²) in [7, 11) is 2.07. The summed E-state index contributed by atoms with van der Waals surface area (Å²) in [6.45, 7) is 6.09. The van der Waals surface area contributed by atoms with Crippen molar-refractivity contribution in [3.63, 3.8) is 0 Å². The molecule has 0 spiro atoms. The minimum absolute atomic E-state index is 0.0506. The van der Waals surface area contributed by atoms with Gasteiger partial charge in [-0.25, -0.2) is 4.98 Å². The van der Waals surface area contributed by atoms with Crippen molar-refractivity contribution in [2.24, 2.45) is 5.92 Å². The molecule has 2 aromatic heterocycles. The Morgan fingerprint density at radius 3 is 2.75 bits per heavy atom. The standard InChI is InChI=1S/C19H23N3OS/c1-4-13(2)11-22(3)12-17-20-18(23)15-10-16(24-19(15)21-17)14-8-6-5-7-9-14/h5-10,13H,4,11-12H2,1-3H3,(H,20,21,23). The molecule has 0 aliphatic carbocycles. The first kappa shape index (κ1) is 16.9. The van der Waals surface area contributed by atoms with Gasteiger partial charge in [0.25, 0.3) is 5.56 Å². The fraction of sp³-hybridized carbons (Fsp3) is 0.368. The van der Waals surface area contributed by atoms with E-state index in [1.54, 1.807) is 11.3 Å². The molecule has 0 amide bonds. The summed E-state index contributed by atoms with van der Waals surface area (Å²) in [5.74, 6) is 1.37. The van der Waals surface area contributed by atoms with E-state index in [0.717, 1.165) is 34.1 Å². The minimum atomic E-state index is -0.0506. The minimum Gasteiger partial charge on any atom is -0.309 e. The van der Waals surface area contributed by atoms with Gasteiger partial charge in [-0.3, -0.25) is 9.69 Å². The number of aromatic nitrogens is 2. The zero-order valence-electron chi connectivity index (χ0n) is 14.4. The third-order valence-electron chi connectivity index (χ3n) is 4.25. The van der Waals surface area contributed by atoms with Crippen LogP contribution in [-0.2, 0) is 6.54 Å². The van der Waals surface area contributed by atoms with Gasteiger partial charge in [0.05, 0.1) is 11.9 Å². The summed E-state index contributed by atoms with van der Waals surface area (Å²) in [4.78, 5) is 24.1. The molecule has 1 atom stereocenters. The molecule has 126 valence electrons. The Kier molecular flexibility index (Phi) is 5.11. The number of thiophene rings is 1. The highest BCUT2D eigenvalue weighted by Gasteiger charge is 2.12. The van der Waals surface area contributed by atoms with Crippen LogP contribution in [-0.4, -0.2) is 28.5 Å². The molecular formula is C19H23N3OS. The van der Waals surface area contributed by atoms with Crippen molar-refractivity contribution in [3.8, 4) is 10.4 Å². The molecule has 1 unspecified atom stereocenters. The summed E-state index contributed by atoms with van der Waals surface area (Å²) in [6.07, 6.45) is 1.15. The topological polar surface area (TPSA) is 49.0 Å². The largest absolute Gasteiger partial charge is 0.309 e. The van der Waals surface area contributed by atoms with E-state index in [9.17, 15) is 4.79 Å². The Morgan fingerprint density at radius 1 is 1.29 bits per heavy atom. The molecule has 4 nitrogen and oxygen atoms in total. The average molecular weight is 341 g/mol. The number of hydrogen-bond donors (Lipinski definition) is 1. The molecule has 0 aliphatic heterocycles. The molecular weight excluding hydrogens is 318 g/mol. The predicted molar refractivity (Wildman–Crippen MR) is 101 cm³/mol. The van der Waals surface area contributed by atoms with Crippen molar-refractivity contribution in [2.75, 3.05) is 13.6 Å². The van der Waals surface area contributed by atoms with Gasteiger partial charge in [-0.15, -0.1) is 11.3 Å². The second-order valence-electron chi connectivity index (χ2n) is 6.42. The van der Waals surface area contributed by atoms with E-state index in [4.69, 9.17) is 0 Å². The first-order chi connectivity index (χ1) is 11.6. The van der Waals surface area contributed by atoms with Crippen LogP contribution in [0.5, 0.6) is 0 Å². The number of fused-ring (bicyclic) bond motifs is 1. The number of rotatable bonds is 6. The molecule has 0 aliphatic rings. The smallest absolute Gasteiger partial charge is 0.259 e. The van der Waals surface area contributed by atoms with Crippen LogP contribution in [0.1, 0.15) is 26.1 Å². The zero-order valence-corrected chi connectivity index (χ0v) is 15.2. The zero-order chi connectivity index (χ0) is 17.1. The lowest BCUT2D eigenvalue weighted by Gasteiger charge is -2.19. The van der Waals surface area contributed by atoms with Crippen LogP contribution in [0.2, 0.25) is 0 Å². The van der Waals surface area contributed by atoms with E-state index in [-0.39, 0.29) is 5.56 Å². The normalized spacial score (nSPS) is 12.8. The molecule has 1 aromatic carbocycles. The van der Waals surface area contributed by atoms with E-state index in [1.807, 2.05) is 24.3 Å². The van der Waals surface area contributed by atoms with Crippen molar-refractivity contribution in [3.05, 3.63) is 52.6 Å². The number of nitrogens with one attached hydrogen (secondary N) is 1. The molecule has 0 saturated carbocycles. The maximum Gasteiger partial charge on any atom is 0.259 e. The molecule has 3 rings (SSSR count). The molecule has 5 heteroatoms. The molecule has 0 fully saturated rings. The third-order valence-corrected chi connectivity index (χ3v) is 5.33. The maximum atomic E-state index is 12.4. The van der Waals surface area contributed by atoms with Gasteiger partial charge in [0.2, 0.25) is 0 Å². The first-order valence-corrected chi connectivity index (χ1v) is 9.15. The highest BCUT2D eigenvalue weighted by Crippen LogP contribution is 2.30. The van der Waals surface area contributed by atoms with Crippen molar-refractivity contribution >= 4 is 21.6 Å². The van der Waals surface area contributed by atoms with Gasteiger partial charge in [0, 0.05) is 11.4 Å².